The van der Waals surface area contributed by atoms with Crippen molar-refractivity contribution in [1.82, 2.24) is 5.32 Å². The van der Waals surface area contributed by atoms with E-state index in [2.05, 4.69) is 10.6 Å². The number of ether oxygens (including phenoxy) is 2. The molecule has 0 aromatic heterocycles. The van der Waals surface area contributed by atoms with Crippen molar-refractivity contribution in [3.63, 3.8) is 0 Å². The van der Waals surface area contributed by atoms with Gasteiger partial charge in [0.2, 0.25) is 5.91 Å². The molecular weight excluding hydrogens is 272 g/mol. The summed E-state index contributed by atoms with van der Waals surface area (Å²) in [6, 6.07) is 5.36. The molecule has 0 spiro atoms. The van der Waals surface area contributed by atoms with Crippen molar-refractivity contribution in [2.24, 2.45) is 0 Å². The molecule has 2 aliphatic heterocycles. The van der Waals surface area contributed by atoms with E-state index in [1.807, 2.05) is 19.1 Å². The highest BCUT2D eigenvalue weighted by Crippen LogP contribution is 2.30. The number of anilines is 1. The lowest BCUT2D eigenvalue weighted by Crippen LogP contribution is -2.35. The number of amides is 2. The van der Waals surface area contributed by atoms with Gasteiger partial charge in [-0.2, -0.15) is 0 Å². The first-order valence-electron chi connectivity index (χ1n) is 7.12. The number of carbonyl (C=O) groups is 2. The summed E-state index contributed by atoms with van der Waals surface area (Å²) >= 11 is 0. The summed E-state index contributed by atoms with van der Waals surface area (Å²) in [6.45, 7) is 2.59. The molecule has 2 aliphatic rings. The first kappa shape index (κ1) is 13.9. The topological polar surface area (TPSA) is 76.7 Å². The molecule has 6 heteroatoms. The van der Waals surface area contributed by atoms with E-state index in [-0.39, 0.29) is 30.6 Å². The van der Waals surface area contributed by atoms with Gasteiger partial charge in [0.05, 0.1) is 11.7 Å². The molecule has 112 valence electrons. The summed E-state index contributed by atoms with van der Waals surface area (Å²) in [5, 5.41) is 5.70. The predicted molar refractivity (Wildman–Crippen MR) is 76.1 cm³/mol. The van der Waals surface area contributed by atoms with E-state index in [1.54, 1.807) is 6.07 Å². The number of rotatable bonds is 3. The SMILES string of the molecule is C[C@@H](NC(=O)[C@@H]1CCCO1)c1ccc2c(c1)NC(=O)CO2. The lowest BCUT2D eigenvalue weighted by Gasteiger charge is -2.21. The molecule has 0 aliphatic carbocycles. The Hall–Kier alpha value is -2.08. The van der Waals surface area contributed by atoms with Crippen molar-refractivity contribution in [3.05, 3.63) is 23.8 Å². The Balaban J connectivity index is 1.69. The average Bonchev–Trinajstić information content (AvgIpc) is 3.00. The van der Waals surface area contributed by atoms with Crippen LogP contribution in [0.5, 0.6) is 5.75 Å². The van der Waals surface area contributed by atoms with Gasteiger partial charge in [0.25, 0.3) is 5.91 Å². The molecule has 2 N–H and O–H groups in total. The molecule has 1 fully saturated rings. The van der Waals surface area contributed by atoms with Crippen LogP contribution in [-0.4, -0.2) is 31.1 Å². The zero-order valence-electron chi connectivity index (χ0n) is 11.8. The summed E-state index contributed by atoms with van der Waals surface area (Å²) in [4.78, 5) is 23.4. The van der Waals surface area contributed by atoms with E-state index in [0.29, 0.717) is 18.0 Å². The van der Waals surface area contributed by atoms with E-state index in [0.717, 1.165) is 18.4 Å². The molecule has 1 aromatic carbocycles. The van der Waals surface area contributed by atoms with Gasteiger partial charge < -0.3 is 20.1 Å². The smallest absolute Gasteiger partial charge is 0.262 e. The third-order valence-electron chi connectivity index (χ3n) is 3.72. The lowest BCUT2D eigenvalue weighted by molar-refractivity contribution is -0.130. The maximum Gasteiger partial charge on any atom is 0.262 e. The van der Waals surface area contributed by atoms with Crippen LogP contribution < -0.4 is 15.4 Å². The highest BCUT2D eigenvalue weighted by molar-refractivity contribution is 5.95. The van der Waals surface area contributed by atoms with E-state index < -0.39 is 0 Å². The number of fused-ring (bicyclic) bond motifs is 1. The monoisotopic (exact) mass is 290 g/mol. The maximum atomic E-state index is 12.0. The standard InChI is InChI=1S/C15H18N2O4/c1-9(16-15(19)13-3-2-6-20-13)10-4-5-12-11(7-10)17-14(18)8-21-12/h4-5,7,9,13H,2-3,6,8H2,1H3,(H,16,19)(H,17,18)/t9-,13+/m1/s1. The predicted octanol–water partition coefficient (Wildman–Crippen LogP) is 1.37. The summed E-state index contributed by atoms with van der Waals surface area (Å²) in [5.74, 6) is 0.393. The van der Waals surface area contributed by atoms with Gasteiger partial charge in [-0.1, -0.05) is 6.07 Å². The van der Waals surface area contributed by atoms with Crippen LogP contribution in [0.4, 0.5) is 5.69 Å². The van der Waals surface area contributed by atoms with Crippen LogP contribution in [0.25, 0.3) is 0 Å². The van der Waals surface area contributed by atoms with Crippen LogP contribution >= 0.6 is 0 Å². The van der Waals surface area contributed by atoms with Crippen molar-refractivity contribution in [2.45, 2.75) is 31.9 Å². The lowest BCUT2D eigenvalue weighted by atomic mass is 10.1. The number of hydrogen-bond acceptors (Lipinski definition) is 4. The minimum absolute atomic E-state index is 0.0393. The fourth-order valence-corrected chi connectivity index (χ4v) is 2.54. The van der Waals surface area contributed by atoms with Gasteiger partial charge in [-0.25, -0.2) is 0 Å². The largest absolute Gasteiger partial charge is 0.482 e. The van der Waals surface area contributed by atoms with Crippen LogP contribution in [0.2, 0.25) is 0 Å². The Kier molecular flexibility index (Phi) is 3.79. The van der Waals surface area contributed by atoms with E-state index in [4.69, 9.17) is 9.47 Å². The summed E-state index contributed by atoms with van der Waals surface area (Å²) < 4.78 is 10.7. The first-order valence-corrected chi connectivity index (χ1v) is 7.12. The van der Waals surface area contributed by atoms with Crippen LogP contribution in [0.15, 0.2) is 18.2 Å². The molecule has 0 radical (unpaired) electrons. The van der Waals surface area contributed by atoms with Crippen LogP contribution in [-0.2, 0) is 14.3 Å². The van der Waals surface area contributed by atoms with Crippen molar-refractivity contribution in [2.75, 3.05) is 18.5 Å². The maximum absolute atomic E-state index is 12.0. The number of nitrogens with one attached hydrogen (secondary N) is 2. The molecule has 2 heterocycles. The molecule has 21 heavy (non-hydrogen) atoms. The summed E-state index contributed by atoms with van der Waals surface area (Å²) in [5.41, 5.74) is 1.55. The van der Waals surface area contributed by atoms with Crippen LogP contribution in [0, 0.1) is 0 Å². The van der Waals surface area contributed by atoms with Gasteiger partial charge >= 0.3 is 0 Å². The van der Waals surface area contributed by atoms with Gasteiger partial charge in [0, 0.05) is 6.61 Å². The fraction of sp³-hybridized carbons (Fsp3) is 0.467. The minimum Gasteiger partial charge on any atom is -0.482 e. The summed E-state index contributed by atoms with van der Waals surface area (Å²) in [6.07, 6.45) is 1.36. The van der Waals surface area contributed by atoms with Crippen molar-refractivity contribution >= 4 is 17.5 Å². The number of carbonyl (C=O) groups excluding carboxylic acids is 2. The highest BCUT2D eigenvalue weighted by Gasteiger charge is 2.25. The Labute approximate surface area is 122 Å². The van der Waals surface area contributed by atoms with Gasteiger partial charge in [0.15, 0.2) is 6.61 Å². The Morgan fingerprint density at radius 1 is 1.48 bits per heavy atom. The zero-order chi connectivity index (χ0) is 14.8. The summed E-state index contributed by atoms with van der Waals surface area (Å²) in [7, 11) is 0. The van der Waals surface area contributed by atoms with Crippen molar-refractivity contribution < 1.29 is 19.1 Å². The Morgan fingerprint density at radius 2 is 2.33 bits per heavy atom. The molecule has 0 unspecified atom stereocenters. The quantitative estimate of drug-likeness (QED) is 0.881. The second kappa shape index (κ2) is 5.73. The average molecular weight is 290 g/mol. The Morgan fingerprint density at radius 3 is 3.10 bits per heavy atom. The number of hydrogen-bond donors (Lipinski definition) is 2. The molecule has 2 amide bonds. The minimum atomic E-state index is -0.340. The molecule has 1 aromatic rings. The second-order valence-electron chi connectivity index (χ2n) is 5.32. The fourth-order valence-electron chi connectivity index (χ4n) is 2.54. The molecule has 6 nitrogen and oxygen atoms in total. The van der Waals surface area contributed by atoms with Gasteiger partial charge in [-0.15, -0.1) is 0 Å². The Bertz CT molecular complexity index is 567. The molecule has 0 saturated carbocycles. The zero-order valence-corrected chi connectivity index (χ0v) is 11.8. The van der Waals surface area contributed by atoms with Crippen LogP contribution in [0.1, 0.15) is 31.4 Å². The third kappa shape index (κ3) is 3.00. The molecular formula is C15H18N2O4. The first-order chi connectivity index (χ1) is 10.1. The van der Waals surface area contributed by atoms with Crippen molar-refractivity contribution in [1.29, 1.82) is 0 Å². The van der Waals surface area contributed by atoms with Crippen molar-refractivity contribution in [3.8, 4) is 5.75 Å². The molecule has 2 atom stereocenters. The van der Waals surface area contributed by atoms with Gasteiger partial charge in [-0.05, 0) is 37.5 Å². The normalized spacial score (nSPS) is 22.0. The van der Waals surface area contributed by atoms with E-state index >= 15 is 0 Å². The number of benzene rings is 1. The van der Waals surface area contributed by atoms with E-state index in [9.17, 15) is 9.59 Å². The highest BCUT2D eigenvalue weighted by atomic mass is 16.5. The molecule has 0 bridgehead atoms. The molecule has 3 rings (SSSR count). The van der Waals surface area contributed by atoms with E-state index in [1.165, 1.54) is 0 Å². The molecule has 1 saturated heterocycles. The van der Waals surface area contributed by atoms with Gasteiger partial charge in [-0.3, -0.25) is 9.59 Å². The van der Waals surface area contributed by atoms with Gasteiger partial charge in [0.1, 0.15) is 11.9 Å². The van der Waals surface area contributed by atoms with Crippen LogP contribution in [0.3, 0.4) is 0 Å². The third-order valence-corrected chi connectivity index (χ3v) is 3.72. The second-order valence-corrected chi connectivity index (χ2v) is 5.32.